The third kappa shape index (κ3) is 4.30. The minimum atomic E-state index is -0.0763. The number of hydrogen-bond acceptors (Lipinski definition) is 4. The summed E-state index contributed by atoms with van der Waals surface area (Å²) in [7, 11) is 0. The van der Waals surface area contributed by atoms with E-state index >= 15 is 0 Å². The second-order valence-electron chi connectivity index (χ2n) is 5.71. The molecule has 24 heavy (non-hydrogen) atoms. The minimum Gasteiger partial charge on any atom is -0.353 e. The zero-order valence-electron chi connectivity index (χ0n) is 13.6. The molecule has 1 aliphatic rings. The molecule has 1 saturated heterocycles. The third-order valence-electron chi connectivity index (χ3n) is 4.04. The molecule has 126 valence electrons. The maximum absolute atomic E-state index is 12.7. The van der Waals surface area contributed by atoms with Gasteiger partial charge in [0.25, 0.3) is 0 Å². The van der Waals surface area contributed by atoms with Crippen LogP contribution in [0.5, 0.6) is 0 Å². The highest BCUT2D eigenvalue weighted by Crippen LogP contribution is 2.26. The molecule has 3 rings (SSSR count). The van der Waals surface area contributed by atoms with Gasteiger partial charge < -0.3 is 9.80 Å². The van der Waals surface area contributed by atoms with Crippen molar-refractivity contribution < 1.29 is 4.79 Å². The molecule has 1 atom stereocenters. The Balaban J connectivity index is 1.53. The van der Waals surface area contributed by atoms with Gasteiger partial charge in [-0.2, -0.15) is 0 Å². The smallest absolute Gasteiger partial charge is 0.235 e. The van der Waals surface area contributed by atoms with Gasteiger partial charge in [-0.3, -0.25) is 4.79 Å². The van der Waals surface area contributed by atoms with Gasteiger partial charge in [-0.05, 0) is 43.3 Å². The summed E-state index contributed by atoms with van der Waals surface area (Å²) in [5, 5.41) is -0.0763. The highest BCUT2D eigenvalue weighted by Gasteiger charge is 2.25. The van der Waals surface area contributed by atoms with Gasteiger partial charge in [0.05, 0.1) is 5.25 Å². The Hall–Kier alpha value is -1.53. The molecule has 1 fully saturated rings. The van der Waals surface area contributed by atoms with Crippen LogP contribution < -0.4 is 4.90 Å². The van der Waals surface area contributed by atoms with E-state index in [2.05, 4.69) is 25.8 Å². The van der Waals surface area contributed by atoms with Crippen LogP contribution in [0.3, 0.4) is 0 Å². The van der Waals surface area contributed by atoms with Crippen LogP contribution in [-0.4, -0.2) is 47.2 Å². The fourth-order valence-electron chi connectivity index (χ4n) is 2.72. The Morgan fingerprint density at radius 3 is 2.46 bits per heavy atom. The molecule has 0 bridgehead atoms. The normalized spacial score (nSPS) is 16.1. The topological polar surface area (TPSA) is 36.4 Å². The SMILES string of the molecule is CC(Sc1ccc(Br)cc1)C(=O)N1CCN(c2ccccn2)CC1. The fraction of sp³-hybridized carbons (Fsp3) is 0.333. The number of aromatic nitrogens is 1. The molecule has 0 saturated carbocycles. The van der Waals surface area contributed by atoms with Gasteiger partial charge >= 0.3 is 0 Å². The standard InChI is InChI=1S/C18H20BrN3OS/c1-14(24-16-7-5-15(19)6-8-16)18(23)22-12-10-21(11-13-22)17-4-2-3-9-20-17/h2-9,14H,10-13H2,1H3. The van der Waals surface area contributed by atoms with Gasteiger partial charge in [0.1, 0.15) is 5.82 Å². The molecule has 0 N–H and O–H groups in total. The van der Waals surface area contributed by atoms with E-state index in [-0.39, 0.29) is 11.2 Å². The maximum atomic E-state index is 12.7. The lowest BCUT2D eigenvalue weighted by Gasteiger charge is -2.36. The van der Waals surface area contributed by atoms with E-state index in [1.54, 1.807) is 11.8 Å². The van der Waals surface area contributed by atoms with E-state index in [9.17, 15) is 4.79 Å². The van der Waals surface area contributed by atoms with Crippen molar-refractivity contribution in [3.8, 4) is 0 Å². The van der Waals surface area contributed by atoms with Gasteiger partial charge in [-0.1, -0.05) is 22.0 Å². The number of pyridine rings is 1. The quantitative estimate of drug-likeness (QED) is 0.726. The first-order valence-electron chi connectivity index (χ1n) is 8.00. The van der Waals surface area contributed by atoms with Crippen molar-refractivity contribution in [1.29, 1.82) is 0 Å². The number of nitrogens with zero attached hydrogens (tertiary/aromatic N) is 3. The molecule has 0 radical (unpaired) electrons. The number of hydrogen-bond donors (Lipinski definition) is 0. The lowest BCUT2D eigenvalue weighted by Crippen LogP contribution is -2.50. The summed E-state index contributed by atoms with van der Waals surface area (Å²) in [6.45, 7) is 5.15. The van der Waals surface area contributed by atoms with Gasteiger partial charge in [0.15, 0.2) is 0 Å². The van der Waals surface area contributed by atoms with E-state index in [0.29, 0.717) is 0 Å². The molecule has 1 amide bonds. The first-order valence-corrected chi connectivity index (χ1v) is 9.68. The van der Waals surface area contributed by atoms with Crippen LogP contribution in [-0.2, 0) is 4.79 Å². The number of carbonyl (C=O) groups is 1. The number of amides is 1. The average molecular weight is 406 g/mol. The molecule has 2 heterocycles. The predicted molar refractivity (Wildman–Crippen MR) is 102 cm³/mol. The second-order valence-corrected chi connectivity index (χ2v) is 8.04. The first kappa shape index (κ1) is 17.3. The highest BCUT2D eigenvalue weighted by molar-refractivity contribution is 9.10. The van der Waals surface area contributed by atoms with Crippen LogP contribution in [0.15, 0.2) is 58.0 Å². The van der Waals surface area contributed by atoms with Crippen LogP contribution in [0.1, 0.15) is 6.92 Å². The van der Waals surface area contributed by atoms with Crippen molar-refractivity contribution in [1.82, 2.24) is 9.88 Å². The number of halogens is 1. The maximum Gasteiger partial charge on any atom is 0.235 e. The summed E-state index contributed by atoms with van der Waals surface area (Å²) >= 11 is 5.05. The largest absolute Gasteiger partial charge is 0.353 e. The van der Waals surface area contributed by atoms with Crippen molar-refractivity contribution in [3.05, 3.63) is 53.1 Å². The van der Waals surface area contributed by atoms with E-state index in [4.69, 9.17) is 0 Å². The summed E-state index contributed by atoms with van der Waals surface area (Å²) in [5.41, 5.74) is 0. The van der Waals surface area contributed by atoms with Gasteiger partial charge in [0.2, 0.25) is 5.91 Å². The number of carbonyl (C=O) groups excluding carboxylic acids is 1. The number of piperazine rings is 1. The molecular formula is C18H20BrN3OS. The number of thioether (sulfide) groups is 1. The van der Waals surface area contributed by atoms with Crippen LogP contribution >= 0.6 is 27.7 Å². The Morgan fingerprint density at radius 1 is 1.12 bits per heavy atom. The summed E-state index contributed by atoms with van der Waals surface area (Å²) in [6, 6.07) is 14.0. The minimum absolute atomic E-state index is 0.0763. The fourth-order valence-corrected chi connectivity index (χ4v) is 3.94. The molecule has 0 aliphatic carbocycles. The molecule has 1 aliphatic heterocycles. The average Bonchev–Trinajstić information content (AvgIpc) is 2.64. The second kappa shape index (κ2) is 8.03. The van der Waals surface area contributed by atoms with E-state index in [1.807, 2.05) is 60.5 Å². The molecule has 2 aromatic rings. The Kier molecular flexibility index (Phi) is 5.79. The Morgan fingerprint density at radius 2 is 1.83 bits per heavy atom. The lowest BCUT2D eigenvalue weighted by molar-refractivity contribution is -0.130. The zero-order chi connectivity index (χ0) is 16.9. The first-order chi connectivity index (χ1) is 11.6. The van der Waals surface area contributed by atoms with E-state index < -0.39 is 0 Å². The third-order valence-corrected chi connectivity index (χ3v) is 5.67. The molecule has 1 aromatic heterocycles. The van der Waals surface area contributed by atoms with Crippen molar-refractivity contribution >= 4 is 39.4 Å². The molecule has 6 heteroatoms. The van der Waals surface area contributed by atoms with Crippen LogP contribution in [0.2, 0.25) is 0 Å². The van der Waals surface area contributed by atoms with E-state index in [1.165, 1.54) is 0 Å². The molecule has 1 unspecified atom stereocenters. The van der Waals surface area contributed by atoms with Gasteiger partial charge in [0, 0.05) is 41.7 Å². The number of benzene rings is 1. The molecule has 0 spiro atoms. The predicted octanol–water partition coefficient (Wildman–Crippen LogP) is 3.67. The van der Waals surface area contributed by atoms with E-state index in [0.717, 1.165) is 41.4 Å². The van der Waals surface area contributed by atoms with Crippen molar-refractivity contribution in [2.24, 2.45) is 0 Å². The van der Waals surface area contributed by atoms with Gasteiger partial charge in [-0.25, -0.2) is 4.98 Å². The van der Waals surface area contributed by atoms with Crippen LogP contribution in [0, 0.1) is 0 Å². The summed E-state index contributed by atoms with van der Waals surface area (Å²) in [5.74, 6) is 1.20. The summed E-state index contributed by atoms with van der Waals surface area (Å²) < 4.78 is 1.05. The highest BCUT2D eigenvalue weighted by atomic mass is 79.9. The lowest BCUT2D eigenvalue weighted by atomic mass is 10.2. The summed E-state index contributed by atoms with van der Waals surface area (Å²) in [6.07, 6.45) is 1.81. The number of anilines is 1. The summed E-state index contributed by atoms with van der Waals surface area (Å²) in [4.78, 5) is 22.4. The van der Waals surface area contributed by atoms with Crippen molar-refractivity contribution in [2.75, 3.05) is 31.1 Å². The Labute approximate surface area is 155 Å². The monoisotopic (exact) mass is 405 g/mol. The van der Waals surface area contributed by atoms with Crippen LogP contribution in [0.4, 0.5) is 5.82 Å². The molecule has 4 nitrogen and oxygen atoms in total. The zero-order valence-corrected chi connectivity index (χ0v) is 16.0. The molecular weight excluding hydrogens is 386 g/mol. The number of rotatable bonds is 4. The Bertz CT molecular complexity index is 672. The van der Waals surface area contributed by atoms with Crippen molar-refractivity contribution in [3.63, 3.8) is 0 Å². The van der Waals surface area contributed by atoms with Crippen LogP contribution in [0.25, 0.3) is 0 Å². The molecule has 1 aromatic carbocycles. The van der Waals surface area contributed by atoms with Crippen molar-refractivity contribution in [2.45, 2.75) is 17.1 Å². The van der Waals surface area contributed by atoms with Gasteiger partial charge in [-0.15, -0.1) is 11.8 Å².